The van der Waals surface area contributed by atoms with E-state index in [0.29, 0.717) is 12.1 Å². The van der Waals surface area contributed by atoms with Gasteiger partial charge in [-0.3, -0.25) is 14.3 Å². The number of rotatable bonds is 4. The summed E-state index contributed by atoms with van der Waals surface area (Å²) in [5.74, 6) is 0. The molecule has 1 aliphatic rings. The Bertz CT molecular complexity index is 670. The summed E-state index contributed by atoms with van der Waals surface area (Å²) in [6.07, 6.45) is 0.122. The zero-order valence-electron chi connectivity index (χ0n) is 12.7. The van der Waals surface area contributed by atoms with Gasteiger partial charge in [0, 0.05) is 25.9 Å². The third-order valence-electron chi connectivity index (χ3n) is 3.37. The zero-order chi connectivity index (χ0) is 16.4. The molecule has 22 heavy (non-hydrogen) atoms. The SMILES string of the molecule is Cc1cn(C2CN([P+](=O)N(C)C)CC(CO)O2)c(=O)[nH]c1=O. The Labute approximate surface area is 128 Å². The molecule has 0 bridgehead atoms. The highest BCUT2D eigenvalue weighted by Gasteiger charge is 2.41. The molecule has 0 amide bonds. The van der Waals surface area contributed by atoms with Crippen LogP contribution in [-0.2, 0) is 9.30 Å². The van der Waals surface area contributed by atoms with Crippen LogP contribution in [0, 0.1) is 6.92 Å². The van der Waals surface area contributed by atoms with Crippen molar-refractivity contribution in [2.45, 2.75) is 19.3 Å². The molecular formula is C12H20N4O5P+. The van der Waals surface area contributed by atoms with E-state index in [1.165, 1.54) is 10.8 Å². The number of hydrogen-bond acceptors (Lipinski definition) is 5. The number of H-pyrrole nitrogens is 1. The van der Waals surface area contributed by atoms with Crippen molar-refractivity contribution in [3.8, 4) is 0 Å². The van der Waals surface area contributed by atoms with Crippen molar-refractivity contribution in [2.24, 2.45) is 0 Å². The molecule has 0 saturated carbocycles. The molecule has 0 aromatic carbocycles. The minimum absolute atomic E-state index is 0.218. The predicted octanol–water partition coefficient (Wildman–Crippen LogP) is -0.744. The Balaban J connectivity index is 2.34. The first-order chi connectivity index (χ1) is 10.3. The molecule has 10 heteroatoms. The fourth-order valence-electron chi connectivity index (χ4n) is 2.25. The van der Waals surface area contributed by atoms with Crippen LogP contribution in [0.15, 0.2) is 15.8 Å². The van der Waals surface area contributed by atoms with Crippen LogP contribution in [-0.4, -0.2) is 63.9 Å². The molecule has 122 valence electrons. The standard InChI is InChI=1S/C12H19N4O5P/c1-8-4-16(12(19)13-11(8)18)10-6-15(22(20)14(2)3)5-9(7-17)21-10/h4,9-10,17H,5-7H2,1-3H3/p+1. The third kappa shape index (κ3) is 3.50. The second kappa shape index (κ2) is 6.80. The normalized spacial score (nSPS) is 23.8. The summed E-state index contributed by atoms with van der Waals surface area (Å²) in [5.41, 5.74) is -0.677. The highest BCUT2D eigenvalue weighted by molar-refractivity contribution is 7.39. The first-order valence-electron chi connectivity index (χ1n) is 6.81. The Morgan fingerprint density at radius 1 is 1.45 bits per heavy atom. The smallest absolute Gasteiger partial charge is 0.394 e. The molecule has 1 saturated heterocycles. The van der Waals surface area contributed by atoms with Gasteiger partial charge in [-0.1, -0.05) is 9.34 Å². The number of aromatic nitrogens is 2. The summed E-state index contributed by atoms with van der Waals surface area (Å²) < 4.78 is 22.4. The molecule has 0 spiro atoms. The number of nitrogens with one attached hydrogen (secondary N) is 1. The lowest BCUT2D eigenvalue weighted by atomic mass is 10.3. The Morgan fingerprint density at radius 3 is 2.73 bits per heavy atom. The van der Waals surface area contributed by atoms with Crippen molar-refractivity contribution < 1.29 is 14.4 Å². The van der Waals surface area contributed by atoms with Gasteiger partial charge in [0.2, 0.25) is 0 Å². The van der Waals surface area contributed by atoms with Gasteiger partial charge in [-0.05, 0) is 11.5 Å². The average Bonchev–Trinajstić information content (AvgIpc) is 2.49. The van der Waals surface area contributed by atoms with Gasteiger partial charge in [0.15, 0.2) is 6.23 Å². The number of aromatic amines is 1. The molecule has 1 aromatic rings. The van der Waals surface area contributed by atoms with Gasteiger partial charge in [0.1, 0.15) is 0 Å². The van der Waals surface area contributed by atoms with E-state index in [4.69, 9.17) is 4.74 Å². The molecular weight excluding hydrogens is 311 g/mol. The molecule has 1 fully saturated rings. The van der Waals surface area contributed by atoms with E-state index in [1.807, 2.05) is 0 Å². The van der Waals surface area contributed by atoms with Gasteiger partial charge in [-0.25, -0.2) is 4.79 Å². The number of aliphatic hydroxyl groups is 1. The van der Waals surface area contributed by atoms with Gasteiger partial charge in [-0.2, -0.15) is 0 Å². The van der Waals surface area contributed by atoms with Gasteiger partial charge in [0.05, 0.1) is 25.8 Å². The van der Waals surface area contributed by atoms with Crippen LogP contribution in [0.5, 0.6) is 0 Å². The number of nitrogens with zero attached hydrogens (tertiary/aromatic N) is 3. The van der Waals surface area contributed by atoms with Crippen LogP contribution in [0.25, 0.3) is 0 Å². The molecule has 3 atom stereocenters. The van der Waals surface area contributed by atoms with Crippen LogP contribution in [0.1, 0.15) is 11.8 Å². The molecule has 0 aliphatic carbocycles. The maximum Gasteiger partial charge on any atom is 0.537 e. The van der Waals surface area contributed by atoms with Crippen molar-refractivity contribution in [1.29, 1.82) is 0 Å². The van der Waals surface area contributed by atoms with Crippen LogP contribution in [0.2, 0.25) is 0 Å². The second-order valence-corrected chi connectivity index (χ2v) is 7.22. The first-order valence-corrected chi connectivity index (χ1v) is 7.97. The maximum absolute atomic E-state index is 12.3. The fraction of sp³-hybridized carbons (Fsp3) is 0.667. The molecule has 2 rings (SSSR count). The number of aliphatic hydroxyl groups excluding tert-OH is 1. The molecule has 0 radical (unpaired) electrons. The van der Waals surface area contributed by atoms with Gasteiger partial charge >= 0.3 is 13.8 Å². The van der Waals surface area contributed by atoms with E-state index in [0.717, 1.165) is 0 Å². The Morgan fingerprint density at radius 2 is 2.14 bits per heavy atom. The molecule has 3 unspecified atom stereocenters. The lowest BCUT2D eigenvalue weighted by Crippen LogP contribution is -2.48. The van der Waals surface area contributed by atoms with E-state index in [-0.39, 0.29) is 13.2 Å². The molecule has 2 N–H and O–H groups in total. The monoisotopic (exact) mass is 331 g/mol. The fourth-order valence-corrected chi connectivity index (χ4v) is 3.35. The van der Waals surface area contributed by atoms with Crippen molar-refractivity contribution in [3.05, 3.63) is 32.6 Å². The van der Waals surface area contributed by atoms with Crippen molar-refractivity contribution in [3.63, 3.8) is 0 Å². The summed E-state index contributed by atoms with van der Waals surface area (Å²) >= 11 is 0. The summed E-state index contributed by atoms with van der Waals surface area (Å²) in [5, 5.41) is 9.36. The van der Waals surface area contributed by atoms with E-state index < -0.39 is 31.7 Å². The van der Waals surface area contributed by atoms with Gasteiger partial charge in [0.25, 0.3) is 5.56 Å². The lowest BCUT2D eigenvalue weighted by molar-refractivity contribution is -0.119. The van der Waals surface area contributed by atoms with E-state index >= 15 is 0 Å². The average molecular weight is 331 g/mol. The van der Waals surface area contributed by atoms with E-state index in [1.54, 1.807) is 30.4 Å². The predicted molar refractivity (Wildman–Crippen MR) is 79.9 cm³/mol. The summed E-state index contributed by atoms with van der Waals surface area (Å²) in [6, 6.07) is 0. The van der Waals surface area contributed by atoms with Crippen LogP contribution in [0.3, 0.4) is 0 Å². The first kappa shape index (κ1) is 17.0. The number of aryl methyl sites for hydroxylation is 1. The van der Waals surface area contributed by atoms with Crippen LogP contribution < -0.4 is 11.2 Å². The minimum atomic E-state index is -1.79. The maximum atomic E-state index is 12.3. The van der Waals surface area contributed by atoms with Crippen LogP contribution in [0.4, 0.5) is 0 Å². The topological polar surface area (TPSA) is 108 Å². The van der Waals surface area contributed by atoms with Crippen molar-refractivity contribution >= 4 is 8.10 Å². The quantitative estimate of drug-likeness (QED) is 0.699. The lowest BCUT2D eigenvalue weighted by Gasteiger charge is -2.32. The molecule has 9 nitrogen and oxygen atoms in total. The number of ether oxygens (including phenoxy) is 1. The summed E-state index contributed by atoms with van der Waals surface area (Å²) in [4.78, 5) is 25.6. The van der Waals surface area contributed by atoms with Crippen molar-refractivity contribution in [1.82, 2.24) is 18.9 Å². The Kier molecular flexibility index (Phi) is 5.25. The van der Waals surface area contributed by atoms with Gasteiger partial charge < -0.3 is 9.84 Å². The molecule has 2 heterocycles. The highest BCUT2D eigenvalue weighted by Crippen LogP contribution is 2.34. The van der Waals surface area contributed by atoms with E-state index in [9.17, 15) is 19.3 Å². The molecule has 1 aromatic heterocycles. The van der Waals surface area contributed by atoms with Crippen molar-refractivity contribution in [2.75, 3.05) is 33.8 Å². The van der Waals surface area contributed by atoms with Gasteiger partial charge in [-0.15, -0.1) is 0 Å². The van der Waals surface area contributed by atoms with E-state index in [2.05, 4.69) is 4.98 Å². The number of morpholine rings is 1. The second-order valence-electron chi connectivity index (χ2n) is 5.35. The van der Waals surface area contributed by atoms with Crippen LogP contribution >= 0.6 is 8.10 Å². The third-order valence-corrected chi connectivity index (χ3v) is 4.87. The molecule has 1 aliphatic heterocycles. The largest absolute Gasteiger partial charge is 0.537 e. The highest BCUT2D eigenvalue weighted by atomic mass is 31.1. The number of hydrogen-bond donors (Lipinski definition) is 2. The summed E-state index contributed by atoms with van der Waals surface area (Å²) in [7, 11) is 1.58. The zero-order valence-corrected chi connectivity index (χ0v) is 13.6. The minimum Gasteiger partial charge on any atom is -0.394 e. The Hall–Kier alpha value is -1.38. The summed E-state index contributed by atoms with van der Waals surface area (Å²) in [6.45, 7) is 1.85.